The van der Waals surface area contributed by atoms with E-state index in [1.807, 2.05) is 13.8 Å². The van der Waals surface area contributed by atoms with Gasteiger partial charge in [0.2, 0.25) is 0 Å². The van der Waals surface area contributed by atoms with Crippen LogP contribution in [0.2, 0.25) is 0 Å². The van der Waals surface area contributed by atoms with Gasteiger partial charge in [0.05, 0.1) is 12.2 Å². The quantitative estimate of drug-likeness (QED) is 0.746. The molecule has 1 atom stereocenters. The Morgan fingerprint density at radius 3 is 3.00 bits per heavy atom. The molecule has 3 heteroatoms. The average molecular weight is 194 g/mol. The summed E-state index contributed by atoms with van der Waals surface area (Å²) in [6, 6.07) is 1.79. The number of carboxylic acid groups (broad SMARTS) is 1. The lowest BCUT2D eigenvalue weighted by Crippen LogP contribution is -2.33. The van der Waals surface area contributed by atoms with Crippen LogP contribution in [0.4, 0.5) is 0 Å². The van der Waals surface area contributed by atoms with Gasteiger partial charge in [0.25, 0.3) is 0 Å². The number of carboxylic acids is 1. The van der Waals surface area contributed by atoms with E-state index in [-0.39, 0.29) is 5.41 Å². The topological polar surface area (TPSA) is 50.4 Å². The van der Waals surface area contributed by atoms with Gasteiger partial charge in [-0.05, 0) is 17.9 Å². The Hall–Kier alpha value is -1.25. The van der Waals surface area contributed by atoms with E-state index in [1.165, 1.54) is 0 Å². The van der Waals surface area contributed by atoms with Gasteiger partial charge in [-0.2, -0.15) is 0 Å². The zero-order valence-electron chi connectivity index (χ0n) is 8.41. The summed E-state index contributed by atoms with van der Waals surface area (Å²) in [6.45, 7) is 4.00. The minimum Gasteiger partial charge on any atom is -0.481 e. The molecule has 2 rings (SSSR count). The first-order chi connectivity index (χ1) is 6.52. The van der Waals surface area contributed by atoms with Crippen molar-refractivity contribution >= 4 is 5.97 Å². The van der Waals surface area contributed by atoms with Crippen molar-refractivity contribution in [3.63, 3.8) is 0 Å². The first kappa shape index (κ1) is 9.31. The highest BCUT2D eigenvalue weighted by molar-refractivity contribution is 5.78. The standard InChI is InChI=1S/C11H14O3/c1-11(2)5-3-8-7(4-6-14-8)9(11)10(12)13/h4,6,9H,3,5H2,1-2H3,(H,12,13). The van der Waals surface area contributed by atoms with E-state index in [0.29, 0.717) is 0 Å². The molecule has 0 fully saturated rings. The van der Waals surface area contributed by atoms with Crippen molar-refractivity contribution < 1.29 is 14.3 Å². The number of hydrogen-bond donors (Lipinski definition) is 1. The molecule has 1 aliphatic carbocycles. The summed E-state index contributed by atoms with van der Waals surface area (Å²) < 4.78 is 5.27. The first-order valence-electron chi connectivity index (χ1n) is 4.81. The van der Waals surface area contributed by atoms with Crippen LogP contribution in [0.3, 0.4) is 0 Å². The largest absolute Gasteiger partial charge is 0.481 e. The average Bonchev–Trinajstić information content (AvgIpc) is 2.48. The van der Waals surface area contributed by atoms with Gasteiger partial charge < -0.3 is 9.52 Å². The van der Waals surface area contributed by atoms with Gasteiger partial charge in [-0.25, -0.2) is 0 Å². The van der Waals surface area contributed by atoms with Crippen molar-refractivity contribution in [2.75, 3.05) is 0 Å². The number of fused-ring (bicyclic) bond motifs is 1. The summed E-state index contributed by atoms with van der Waals surface area (Å²) in [5.41, 5.74) is 0.677. The van der Waals surface area contributed by atoms with Gasteiger partial charge in [-0.1, -0.05) is 13.8 Å². The lowest BCUT2D eigenvalue weighted by Gasteiger charge is -2.35. The SMILES string of the molecule is CC1(C)CCc2occc2C1C(=O)O. The molecule has 3 nitrogen and oxygen atoms in total. The highest BCUT2D eigenvalue weighted by Crippen LogP contribution is 2.45. The van der Waals surface area contributed by atoms with Crippen LogP contribution in [0.25, 0.3) is 0 Å². The lowest BCUT2D eigenvalue weighted by molar-refractivity contribution is -0.142. The molecule has 0 spiro atoms. The molecule has 0 amide bonds. The van der Waals surface area contributed by atoms with Crippen molar-refractivity contribution in [2.45, 2.75) is 32.6 Å². The van der Waals surface area contributed by atoms with E-state index in [9.17, 15) is 9.90 Å². The molecule has 0 saturated heterocycles. The predicted octanol–water partition coefficient (Wildman–Crippen LogP) is 2.42. The number of carbonyl (C=O) groups is 1. The fourth-order valence-electron chi connectivity index (χ4n) is 2.28. The molecular weight excluding hydrogens is 180 g/mol. The molecule has 1 unspecified atom stereocenters. The van der Waals surface area contributed by atoms with Crippen molar-refractivity contribution in [3.8, 4) is 0 Å². The van der Waals surface area contributed by atoms with Crippen LogP contribution in [0.1, 0.15) is 37.5 Å². The summed E-state index contributed by atoms with van der Waals surface area (Å²) in [7, 11) is 0. The number of aliphatic carboxylic acids is 1. The van der Waals surface area contributed by atoms with E-state index < -0.39 is 11.9 Å². The summed E-state index contributed by atoms with van der Waals surface area (Å²) >= 11 is 0. The fraction of sp³-hybridized carbons (Fsp3) is 0.545. The molecule has 1 aromatic rings. The summed E-state index contributed by atoms with van der Waals surface area (Å²) in [6.07, 6.45) is 3.30. The molecule has 1 aromatic heterocycles. The smallest absolute Gasteiger partial charge is 0.311 e. The third-order valence-corrected chi connectivity index (χ3v) is 3.12. The second kappa shape index (κ2) is 2.87. The van der Waals surface area contributed by atoms with E-state index in [1.54, 1.807) is 12.3 Å². The Labute approximate surface area is 82.7 Å². The molecule has 14 heavy (non-hydrogen) atoms. The van der Waals surface area contributed by atoms with E-state index in [4.69, 9.17) is 4.42 Å². The third-order valence-electron chi connectivity index (χ3n) is 3.12. The van der Waals surface area contributed by atoms with Gasteiger partial charge in [0.15, 0.2) is 0 Å². The van der Waals surface area contributed by atoms with Gasteiger partial charge in [0, 0.05) is 12.0 Å². The monoisotopic (exact) mass is 194 g/mol. The van der Waals surface area contributed by atoms with Gasteiger partial charge >= 0.3 is 5.97 Å². The molecule has 0 bridgehead atoms. The molecule has 1 N–H and O–H groups in total. The zero-order chi connectivity index (χ0) is 10.3. The number of rotatable bonds is 1. The lowest BCUT2D eigenvalue weighted by atomic mass is 9.68. The zero-order valence-corrected chi connectivity index (χ0v) is 8.41. The highest BCUT2D eigenvalue weighted by Gasteiger charge is 2.41. The number of furan rings is 1. The maximum absolute atomic E-state index is 11.2. The Morgan fingerprint density at radius 1 is 1.64 bits per heavy atom. The number of aryl methyl sites for hydroxylation is 1. The molecule has 0 aromatic carbocycles. The molecule has 76 valence electrons. The van der Waals surface area contributed by atoms with E-state index in [0.717, 1.165) is 24.2 Å². The Balaban J connectivity index is 2.49. The van der Waals surface area contributed by atoms with Crippen molar-refractivity contribution in [3.05, 3.63) is 23.7 Å². The maximum Gasteiger partial charge on any atom is 0.311 e. The minimum absolute atomic E-state index is 0.178. The Morgan fingerprint density at radius 2 is 2.36 bits per heavy atom. The van der Waals surface area contributed by atoms with Crippen LogP contribution >= 0.6 is 0 Å². The van der Waals surface area contributed by atoms with Gasteiger partial charge in [-0.3, -0.25) is 4.79 Å². The second-order valence-electron chi connectivity index (χ2n) is 4.56. The van der Waals surface area contributed by atoms with Crippen LogP contribution in [-0.4, -0.2) is 11.1 Å². The second-order valence-corrected chi connectivity index (χ2v) is 4.56. The Kier molecular flexibility index (Phi) is 1.91. The van der Waals surface area contributed by atoms with Crippen LogP contribution < -0.4 is 0 Å². The van der Waals surface area contributed by atoms with Crippen LogP contribution in [0, 0.1) is 5.41 Å². The molecule has 1 heterocycles. The fourth-order valence-corrected chi connectivity index (χ4v) is 2.28. The van der Waals surface area contributed by atoms with E-state index in [2.05, 4.69) is 0 Å². The predicted molar refractivity (Wildman–Crippen MR) is 51.2 cm³/mol. The molecular formula is C11H14O3. The normalized spacial score (nSPS) is 24.3. The Bertz CT molecular complexity index is 362. The van der Waals surface area contributed by atoms with Crippen LogP contribution in [0.15, 0.2) is 16.7 Å². The molecule has 0 aliphatic heterocycles. The van der Waals surface area contributed by atoms with Gasteiger partial charge in [0.1, 0.15) is 5.76 Å². The van der Waals surface area contributed by atoms with Crippen molar-refractivity contribution in [1.82, 2.24) is 0 Å². The number of hydrogen-bond acceptors (Lipinski definition) is 2. The highest BCUT2D eigenvalue weighted by atomic mass is 16.4. The first-order valence-corrected chi connectivity index (χ1v) is 4.81. The summed E-state index contributed by atoms with van der Waals surface area (Å²) in [4.78, 5) is 11.2. The van der Waals surface area contributed by atoms with Crippen LogP contribution in [-0.2, 0) is 11.2 Å². The summed E-state index contributed by atoms with van der Waals surface area (Å²) in [5, 5.41) is 9.20. The maximum atomic E-state index is 11.2. The minimum atomic E-state index is -0.752. The van der Waals surface area contributed by atoms with Crippen molar-refractivity contribution in [1.29, 1.82) is 0 Å². The molecule has 1 aliphatic rings. The van der Waals surface area contributed by atoms with Crippen LogP contribution in [0.5, 0.6) is 0 Å². The third kappa shape index (κ3) is 1.24. The molecule has 0 saturated carbocycles. The molecule has 0 radical (unpaired) electrons. The van der Waals surface area contributed by atoms with E-state index >= 15 is 0 Å². The summed E-state index contributed by atoms with van der Waals surface area (Å²) in [5.74, 6) is -0.334. The van der Waals surface area contributed by atoms with Gasteiger partial charge in [-0.15, -0.1) is 0 Å². The van der Waals surface area contributed by atoms with Crippen molar-refractivity contribution in [2.24, 2.45) is 5.41 Å².